The second kappa shape index (κ2) is 8.74. The Morgan fingerprint density at radius 1 is 0.690 bits per heavy atom. The molecular weight excluding hydrogens is 360 g/mol. The fraction of sp³-hybridized carbons (Fsp3) is 0.200. The number of hydrogen-bond donors (Lipinski definition) is 1. The van der Waals surface area contributed by atoms with Gasteiger partial charge in [-0.05, 0) is 49.6 Å². The zero-order valence-electron chi connectivity index (χ0n) is 16.3. The topological polar surface area (TPSA) is 49.4 Å². The van der Waals surface area contributed by atoms with Gasteiger partial charge in [-0.2, -0.15) is 0 Å². The van der Waals surface area contributed by atoms with E-state index < -0.39 is 0 Å². The first-order valence-electron chi connectivity index (χ1n) is 10.1. The van der Waals surface area contributed by atoms with E-state index in [1.165, 1.54) is 24.9 Å². The second-order valence-corrected chi connectivity index (χ2v) is 7.29. The van der Waals surface area contributed by atoms with Crippen LogP contribution in [-0.4, -0.2) is 24.8 Å². The number of hydrogen-bond acceptors (Lipinski definition) is 3. The van der Waals surface area contributed by atoms with E-state index in [4.69, 9.17) is 0 Å². The van der Waals surface area contributed by atoms with Crippen molar-refractivity contribution >= 4 is 23.1 Å². The summed E-state index contributed by atoms with van der Waals surface area (Å²) in [6.45, 7) is 2.17. The first-order chi connectivity index (χ1) is 14.2. The molecule has 29 heavy (non-hydrogen) atoms. The largest absolute Gasteiger partial charge is 0.372 e. The molecule has 1 N–H and O–H groups in total. The van der Waals surface area contributed by atoms with Gasteiger partial charge in [0.1, 0.15) is 0 Å². The van der Waals surface area contributed by atoms with E-state index in [1.807, 2.05) is 42.5 Å². The molecule has 3 aromatic carbocycles. The number of carbonyl (C=O) groups is 2. The van der Waals surface area contributed by atoms with Gasteiger partial charge in [0.05, 0.1) is 5.56 Å². The van der Waals surface area contributed by atoms with Gasteiger partial charge >= 0.3 is 0 Å². The van der Waals surface area contributed by atoms with Crippen LogP contribution in [-0.2, 0) is 0 Å². The predicted octanol–water partition coefficient (Wildman–Crippen LogP) is 5.16. The van der Waals surface area contributed by atoms with Gasteiger partial charge in [-0.3, -0.25) is 9.59 Å². The highest BCUT2D eigenvalue weighted by Gasteiger charge is 2.18. The lowest BCUT2D eigenvalue weighted by atomic mass is 9.98. The molecule has 0 spiro atoms. The number of rotatable bonds is 5. The van der Waals surface area contributed by atoms with Gasteiger partial charge < -0.3 is 10.2 Å². The van der Waals surface area contributed by atoms with Gasteiger partial charge in [-0.1, -0.05) is 48.5 Å². The Balaban J connectivity index is 1.51. The third-order valence-corrected chi connectivity index (χ3v) is 5.30. The molecule has 1 aliphatic heterocycles. The molecular formula is C25H24N2O2. The number of anilines is 2. The highest BCUT2D eigenvalue weighted by Crippen LogP contribution is 2.23. The van der Waals surface area contributed by atoms with E-state index in [0.717, 1.165) is 18.8 Å². The van der Waals surface area contributed by atoms with Crippen LogP contribution in [0.15, 0.2) is 78.9 Å². The van der Waals surface area contributed by atoms with E-state index >= 15 is 0 Å². The summed E-state index contributed by atoms with van der Waals surface area (Å²) in [5.74, 6) is -0.438. The highest BCUT2D eigenvalue weighted by atomic mass is 16.2. The normalized spacial score (nSPS) is 13.7. The molecule has 0 saturated carbocycles. The second-order valence-electron chi connectivity index (χ2n) is 7.29. The van der Waals surface area contributed by atoms with Crippen LogP contribution in [0.25, 0.3) is 0 Å². The molecule has 0 atom stereocenters. The quantitative estimate of drug-likeness (QED) is 0.618. The lowest BCUT2D eigenvalue weighted by Gasteiger charge is -2.28. The number of piperidine rings is 1. The van der Waals surface area contributed by atoms with Crippen molar-refractivity contribution < 1.29 is 9.59 Å². The molecule has 0 aromatic heterocycles. The Morgan fingerprint density at radius 3 is 2.00 bits per heavy atom. The molecule has 146 valence electrons. The van der Waals surface area contributed by atoms with Crippen LogP contribution in [0.1, 0.15) is 45.5 Å². The maximum absolute atomic E-state index is 12.9. The summed E-state index contributed by atoms with van der Waals surface area (Å²) in [6.07, 6.45) is 3.75. The molecule has 3 aromatic rings. The summed E-state index contributed by atoms with van der Waals surface area (Å²) in [5, 5.41) is 2.93. The summed E-state index contributed by atoms with van der Waals surface area (Å²) >= 11 is 0. The van der Waals surface area contributed by atoms with Crippen molar-refractivity contribution in [3.05, 3.63) is 95.6 Å². The lowest BCUT2D eigenvalue weighted by molar-refractivity contribution is 0.0996. The van der Waals surface area contributed by atoms with Crippen molar-refractivity contribution in [2.45, 2.75) is 19.3 Å². The van der Waals surface area contributed by atoms with Crippen molar-refractivity contribution in [1.82, 2.24) is 0 Å². The molecule has 1 aliphatic rings. The standard InChI is InChI=1S/C25H24N2O2/c28-24(19-9-3-1-4-10-19)22-11-5-6-12-23(22)25(29)26-20-13-15-21(16-14-20)27-17-7-2-8-18-27/h1,3-6,9-16H,2,7-8,17-18H2,(H,26,29). The highest BCUT2D eigenvalue weighted by molar-refractivity contribution is 6.17. The van der Waals surface area contributed by atoms with Gasteiger partial charge in [0, 0.05) is 35.6 Å². The fourth-order valence-corrected chi connectivity index (χ4v) is 3.73. The number of nitrogens with zero attached hydrogens (tertiary/aromatic N) is 1. The Morgan fingerprint density at radius 2 is 1.31 bits per heavy atom. The van der Waals surface area contributed by atoms with Crippen LogP contribution in [0, 0.1) is 0 Å². The van der Waals surface area contributed by atoms with Gasteiger partial charge in [0.2, 0.25) is 0 Å². The Kier molecular flexibility index (Phi) is 5.71. The van der Waals surface area contributed by atoms with Gasteiger partial charge in [-0.25, -0.2) is 0 Å². The maximum atomic E-state index is 12.9. The number of amides is 1. The molecule has 1 amide bonds. The summed E-state index contributed by atoms with van der Waals surface area (Å²) in [7, 11) is 0. The Hall–Kier alpha value is -3.40. The Labute approximate surface area is 171 Å². The zero-order chi connectivity index (χ0) is 20.1. The average Bonchev–Trinajstić information content (AvgIpc) is 2.80. The molecule has 1 saturated heterocycles. The summed E-state index contributed by atoms with van der Waals surface area (Å²) in [5.41, 5.74) is 3.25. The van der Waals surface area contributed by atoms with Crippen LogP contribution in [0.3, 0.4) is 0 Å². The van der Waals surface area contributed by atoms with E-state index in [-0.39, 0.29) is 11.7 Å². The molecule has 4 rings (SSSR count). The van der Waals surface area contributed by atoms with Crippen molar-refractivity contribution in [2.75, 3.05) is 23.3 Å². The molecule has 4 heteroatoms. The predicted molar refractivity (Wildman–Crippen MR) is 117 cm³/mol. The first-order valence-corrected chi connectivity index (χ1v) is 10.1. The fourth-order valence-electron chi connectivity index (χ4n) is 3.73. The molecule has 4 nitrogen and oxygen atoms in total. The summed E-state index contributed by atoms with van der Waals surface area (Å²) in [4.78, 5) is 28.1. The molecule has 0 unspecified atom stereocenters. The smallest absolute Gasteiger partial charge is 0.256 e. The van der Waals surface area contributed by atoms with Crippen LogP contribution in [0.4, 0.5) is 11.4 Å². The Bertz CT molecular complexity index is 991. The lowest BCUT2D eigenvalue weighted by Crippen LogP contribution is -2.29. The summed E-state index contributed by atoms with van der Waals surface area (Å²) < 4.78 is 0. The van der Waals surface area contributed by atoms with Gasteiger partial charge in [-0.15, -0.1) is 0 Å². The number of benzene rings is 3. The van der Waals surface area contributed by atoms with E-state index in [2.05, 4.69) is 10.2 Å². The minimum absolute atomic E-state index is 0.156. The van der Waals surface area contributed by atoms with Crippen molar-refractivity contribution in [3.8, 4) is 0 Å². The van der Waals surface area contributed by atoms with E-state index in [9.17, 15) is 9.59 Å². The number of carbonyl (C=O) groups excluding carboxylic acids is 2. The molecule has 0 bridgehead atoms. The minimum Gasteiger partial charge on any atom is -0.372 e. The SMILES string of the molecule is O=C(Nc1ccc(N2CCCCC2)cc1)c1ccccc1C(=O)c1ccccc1. The maximum Gasteiger partial charge on any atom is 0.256 e. The summed E-state index contributed by atoms with van der Waals surface area (Å²) in [6, 6.07) is 23.9. The monoisotopic (exact) mass is 384 g/mol. The average molecular weight is 384 g/mol. The van der Waals surface area contributed by atoms with Crippen molar-refractivity contribution in [3.63, 3.8) is 0 Å². The van der Waals surface area contributed by atoms with E-state index in [0.29, 0.717) is 16.7 Å². The van der Waals surface area contributed by atoms with Gasteiger partial charge in [0.25, 0.3) is 5.91 Å². The first kappa shape index (κ1) is 18.9. The third-order valence-electron chi connectivity index (χ3n) is 5.30. The number of ketones is 1. The number of nitrogens with one attached hydrogen (secondary N) is 1. The third kappa shape index (κ3) is 4.37. The molecule has 1 heterocycles. The van der Waals surface area contributed by atoms with Gasteiger partial charge in [0.15, 0.2) is 5.78 Å². The van der Waals surface area contributed by atoms with Crippen LogP contribution in [0.2, 0.25) is 0 Å². The minimum atomic E-state index is -0.282. The molecule has 0 radical (unpaired) electrons. The van der Waals surface area contributed by atoms with Crippen LogP contribution < -0.4 is 10.2 Å². The molecule has 0 aliphatic carbocycles. The van der Waals surface area contributed by atoms with Crippen LogP contribution >= 0.6 is 0 Å². The van der Waals surface area contributed by atoms with Crippen molar-refractivity contribution in [1.29, 1.82) is 0 Å². The van der Waals surface area contributed by atoms with E-state index in [1.54, 1.807) is 36.4 Å². The molecule has 1 fully saturated rings. The van der Waals surface area contributed by atoms with Crippen molar-refractivity contribution in [2.24, 2.45) is 0 Å². The van der Waals surface area contributed by atoms with Crippen LogP contribution in [0.5, 0.6) is 0 Å². The zero-order valence-corrected chi connectivity index (χ0v) is 16.3.